The summed E-state index contributed by atoms with van der Waals surface area (Å²) in [6, 6.07) is 11.2. The smallest absolute Gasteiger partial charge is 0.309 e. The van der Waals surface area contributed by atoms with Gasteiger partial charge in [0.25, 0.3) is 5.89 Å². The van der Waals surface area contributed by atoms with Gasteiger partial charge in [-0.05, 0) is 48.8 Å². The zero-order chi connectivity index (χ0) is 21.7. The minimum atomic E-state index is -0.685. The molecule has 1 saturated heterocycles. The van der Waals surface area contributed by atoms with E-state index in [2.05, 4.69) is 45.4 Å². The second-order valence-electron chi connectivity index (χ2n) is 9.41. The Kier molecular flexibility index (Phi) is 5.11. The van der Waals surface area contributed by atoms with E-state index in [0.29, 0.717) is 36.8 Å². The molecule has 2 fully saturated rings. The lowest BCUT2D eigenvalue weighted by Gasteiger charge is -2.41. The molecule has 2 aliphatic carbocycles. The Labute approximate surface area is 191 Å². The highest BCUT2D eigenvalue weighted by molar-refractivity contribution is 7.15. The van der Waals surface area contributed by atoms with Crippen molar-refractivity contribution in [2.24, 2.45) is 5.92 Å². The molecule has 6 rings (SSSR count). The number of aliphatic carboxylic acids is 1. The van der Waals surface area contributed by atoms with Crippen LogP contribution in [0.25, 0.3) is 22.2 Å². The highest BCUT2D eigenvalue weighted by Crippen LogP contribution is 2.45. The number of carbonyl (C=O) groups is 1. The van der Waals surface area contributed by atoms with Crippen LogP contribution in [0.1, 0.15) is 66.5 Å². The highest BCUT2D eigenvalue weighted by atomic mass is 32.1. The molecule has 7 heteroatoms. The fourth-order valence-corrected chi connectivity index (χ4v) is 6.69. The van der Waals surface area contributed by atoms with E-state index in [-0.39, 0.29) is 5.92 Å². The van der Waals surface area contributed by atoms with Crippen molar-refractivity contribution >= 4 is 17.3 Å². The number of benzene rings is 1. The van der Waals surface area contributed by atoms with E-state index >= 15 is 0 Å². The molecule has 1 aliphatic heterocycles. The molecule has 1 unspecified atom stereocenters. The largest absolute Gasteiger partial charge is 0.481 e. The second-order valence-corrected chi connectivity index (χ2v) is 10.5. The van der Waals surface area contributed by atoms with Crippen LogP contribution in [0.15, 0.2) is 34.9 Å². The number of hydrogen-bond acceptors (Lipinski definition) is 6. The predicted molar refractivity (Wildman–Crippen MR) is 123 cm³/mol. The van der Waals surface area contributed by atoms with Crippen molar-refractivity contribution in [3.05, 3.63) is 46.3 Å². The van der Waals surface area contributed by atoms with Crippen LogP contribution in [-0.4, -0.2) is 39.2 Å². The normalized spacial score (nSPS) is 22.1. The van der Waals surface area contributed by atoms with Crippen molar-refractivity contribution in [2.75, 3.05) is 13.1 Å². The molecule has 0 radical (unpaired) electrons. The first-order valence-corrected chi connectivity index (χ1v) is 12.5. The summed E-state index contributed by atoms with van der Waals surface area (Å²) in [4.78, 5) is 20.5. The van der Waals surface area contributed by atoms with Gasteiger partial charge in [-0.2, -0.15) is 4.98 Å². The Balaban J connectivity index is 1.17. The summed E-state index contributed by atoms with van der Waals surface area (Å²) in [6.45, 7) is 1.29. The van der Waals surface area contributed by atoms with Gasteiger partial charge in [-0.3, -0.25) is 9.69 Å². The fourth-order valence-electron chi connectivity index (χ4n) is 5.53. The minimum Gasteiger partial charge on any atom is -0.481 e. The Morgan fingerprint density at radius 1 is 1.09 bits per heavy atom. The van der Waals surface area contributed by atoms with Crippen molar-refractivity contribution < 1.29 is 14.4 Å². The van der Waals surface area contributed by atoms with Gasteiger partial charge in [0.15, 0.2) is 0 Å². The molecule has 1 aromatic carbocycles. The van der Waals surface area contributed by atoms with E-state index in [0.717, 1.165) is 23.3 Å². The van der Waals surface area contributed by atoms with E-state index in [1.165, 1.54) is 48.1 Å². The first-order chi connectivity index (χ1) is 15.7. The van der Waals surface area contributed by atoms with Gasteiger partial charge in [0.2, 0.25) is 5.82 Å². The Morgan fingerprint density at radius 2 is 1.88 bits per heavy atom. The van der Waals surface area contributed by atoms with Crippen LogP contribution in [0.4, 0.5) is 0 Å². The van der Waals surface area contributed by atoms with E-state index < -0.39 is 5.97 Å². The molecule has 1 saturated carbocycles. The zero-order valence-electron chi connectivity index (χ0n) is 18.0. The molecule has 3 heterocycles. The van der Waals surface area contributed by atoms with Gasteiger partial charge < -0.3 is 9.63 Å². The van der Waals surface area contributed by atoms with Gasteiger partial charge >= 0.3 is 5.97 Å². The number of nitrogens with zero attached hydrogens (tertiary/aromatic N) is 3. The topological polar surface area (TPSA) is 79.5 Å². The molecule has 1 atom stereocenters. The van der Waals surface area contributed by atoms with Crippen molar-refractivity contribution in [2.45, 2.75) is 56.9 Å². The zero-order valence-corrected chi connectivity index (χ0v) is 18.8. The Morgan fingerprint density at radius 3 is 2.62 bits per heavy atom. The molecule has 6 nitrogen and oxygen atoms in total. The van der Waals surface area contributed by atoms with Crippen LogP contribution in [0.3, 0.4) is 0 Å². The molecular weight excluding hydrogens is 422 g/mol. The molecule has 32 heavy (non-hydrogen) atoms. The summed E-state index contributed by atoms with van der Waals surface area (Å²) in [5.41, 5.74) is 3.72. The van der Waals surface area contributed by atoms with Crippen LogP contribution in [0.2, 0.25) is 0 Å². The number of thiophene rings is 1. The SMILES string of the molecule is O=C(O)C1CN(C2CCc3sc(-c4nc(-c5ccc(C6CCCCC6)cc5)no4)cc32)C1. The maximum absolute atomic E-state index is 11.1. The molecular formula is C25H27N3O3S. The summed E-state index contributed by atoms with van der Waals surface area (Å²) in [5, 5.41) is 13.4. The van der Waals surface area contributed by atoms with E-state index in [1.54, 1.807) is 11.3 Å². The number of rotatable bonds is 5. The van der Waals surface area contributed by atoms with Crippen molar-refractivity contribution in [3.8, 4) is 22.2 Å². The van der Waals surface area contributed by atoms with Crippen LogP contribution >= 0.6 is 11.3 Å². The predicted octanol–water partition coefficient (Wildman–Crippen LogP) is 5.52. The molecule has 1 N–H and O–H groups in total. The number of hydrogen-bond donors (Lipinski definition) is 1. The number of fused-ring (bicyclic) bond motifs is 1. The molecule has 0 spiro atoms. The lowest BCUT2D eigenvalue weighted by Crippen LogP contribution is -2.51. The van der Waals surface area contributed by atoms with Crippen molar-refractivity contribution in [3.63, 3.8) is 0 Å². The number of aromatic nitrogens is 2. The standard InChI is InChI=1S/C25H27N3O3S/c29-25(30)18-13-28(14-18)20-10-11-21-19(20)12-22(32-21)24-26-23(27-31-24)17-8-6-16(7-9-17)15-4-2-1-3-5-15/h6-9,12,15,18,20H,1-5,10-11,13-14H2,(H,29,30). The van der Waals surface area contributed by atoms with Crippen LogP contribution in [-0.2, 0) is 11.2 Å². The number of likely N-dealkylation sites (tertiary alicyclic amines) is 1. The first-order valence-electron chi connectivity index (χ1n) is 11.7. The third-order valence-electron chi connectivity index (χ3n) is 7.43. The maximum atomic E-state index is 11.1. The second kappa shape index (κ2) is 8.12. The fraction of sp³-hybridized carbons (Fsp3) is 0.480. The third kappa shape index (κ3) is 3.57. The maximum Gasteiger partial charge on any atom is 0.309 e. The molecule has 0 amide bonds. The van der Waals surface area contributed by atoms with Crippen LogP contribution in [0, 0.1) is 5.92 Å². The first kappa shape index (κ1) is 20.1. The summed E-state index contributed by atoms with van der Waals surface area (Å²) in [6.07, 6.45) is 8.73. The minimum absolute atomic E-state index is 0.222. The lowest BCUT2D eigenvalue weighted by atomic mass is 9.84. The average Bonchev–Trinajstić information content (AvgIpc) is 3.50. The Hall–Kier alpha value is -2.51. The highest BCUT2D eigenvalue weighted by Gasteiger charge is 2.40. The molecule has 0 bridgehead atoms. The Bertz CT molecular complexity index is 1120. The number of aryl methyl sites for hydroxylation is 1. The lowest BCUT2D eigenvalue weighted by molar-refractivity contribution is -0.148. The van der Waals surface area contributed by atoms with E-state index in [9.17, 15) is 4.79 Å². The summed E-state index contributed by atoms with van der Waals surface area (Å²) in [7, 11) is 0. The van der Waals surface area contributed by atoms with Crippen LogP contribution < -0.4 is 0 Å². The van der Waals surface area contributed by atoms with Gasteiger partial charge in [-0.15, -0.1) is 11.3 Å². The van der Waals surface area contributed by atoms with Crippen molar-refractivity contribution in [1.29, 1.82) is 0 Å². The summed E-state index contributed by atoms with van der Waals surface area (Å²) < 4.78 is 5.63. The molecule has 3 aliphatic rings. The molecule has 3 aromatic rings. The average molecular weight is 450 g/mol. The summed E-state index contributed by atoms with van der Waals surface area (Å²) in [5.74, 6) is 0.988. The van der Waals surface area contributed by atoms with Gasteiger partial charge in [-0.1, -0.05) is 48.7 Å². The van der Waals surface area contributed by atoms with Crippen LogP contribution in [0.5, 0.6) is 0 Å². The molecule has 166 valence electrons. The van der Waals surface area contributed by atoms with E-state index in [1.807, 2.05) is 0 Å². The van der Waals surface area contributed by atoms with Gasteiger partial charge in [0, 0.05) is 29.6 Å². The van der Waals surface area contributed by atoms with Crippen molar-refractivity contribution in [1.82, 2.24) is 15.0 Å². The monoisotopic (exact) mass is 449 g/mol. The number of carboxylic acid groups (broad SMARTS) is 1. The third-order valence-corrected chi connectivity index (χ3v) is 8.63. The van der Waals surface area contributed by atoms with E-state index in [4.69, 9.17) is 9.63 Å². The van der Waals surface area contributed by atoms with Gasteiger partial charge in [0.1, 0.15) is 0 Å². The molecule has 2 aromatic heterocycles. The van der Waals surface area contributed by atoms with Gasteiger partial charge in [0.05, 0.1) is 10.8 Å². The number of carboxylic acids is 1. The summed E-state index contributed by atoms with van der Waals surface area (Å²) >= 11 is 1.73. The quantitative estimate of drug-likeness (QED) is 0.553. The van der Waals surface area contributed by atoms with Gasteiger partial charge in [-0.25, -0.2) is 0 Å².